The van der Waals surface area contributed by atoms with Crippen molar-refractivity contribution in [1.82, 2.24) is 0 Å². The van der Waals surface area contributed by atoms with Gasteiger partial charge in [0.05, 0.1) is 0 Å². The van der Waals surface area contributed by atoms with Gasteiger partial charge >= 0.3 is 35.0 Å². The third-order valence-corrected chi connectivity index (χ3v) is 3.24. The van der Waals surface area contributed by atoms with E-state index in [2.05, 4.69) is 46.4 Å². The van der Waals surface area contributed by atoms with Crippen LogP contribution in [0, 0.1) is 0 Å². The first-order chi connectivity index (χ1) is 9.50. The standard InChI is InChI=1S/C7Cl4F12/c8-6(9,10)4(18,19)2(14,15)1(12,13)3(16,17)5(20,21)7(11,22)23. The molecule has 16 heteroatoms. The Labute approximate surface area is 138 Å². The van der Waals surface area contributed by atoms with Crippen molar-refractivity contribution in [3.8, 4) is 0 Å². The van der Waals surface area contributed by atoms with Gasteiger partial charge in [-0.2, -0.15) is 52.7 Å². The lowest BCUT2D eigenvalue weighted by atomic mass is 9.95. The predicted molar refractivity (Wildman–Crippen MR) is 55.8 cm³/mol. The molecule has 0 nitrogen and oxygen atoms in total. The first-order valence-electron chi connectivity index (χ1n) is 4.52. The Hall–Kier alpha value is 0.320. The van der Waals surface area contributed by atoms with Crippen LogP contribution in [0.3, 0.4) is 0 Å². The molecule has 0 aliphatic rings. The Kier molecular flexibility index (Phi) is 5.74. The average molecular weight is 454 g/mol. The Balaban J connectivity index is 6.37. The van der Waals surface area contributed by atoms with Gasteiger partial charge in [0.25, 0.3) is 3.79 Å². The van der Waals surface area contributed by atoms with Crippen LogP contribution < -0.4 is 0 Å². The molecule has 0 saturated carbocycles. The molecule has 0 atom stereocenters. The summed E-state index contributed by atoms with van der Waals surface area (Å²) in [6, 6.07) is 0. The number of alkyl halides is 16. The third kappa shape index (κ3) is 3.12. The fraction of sp³-hybridized carbons (Fsp3) is 1.00. The summed E-state index contributed by atoms with van der Waals surface area (Å²) in [6.07, 6.45) is 0. The van der Waals surface area contributed by atoms with Crippen molar-refractivity contribution in [3.05, 3.63) is 0 Å². The molecular formula is C7Cl4F12. The summed E-state index contributed by atoms with van der Waals surface area (Å²) in [7, 11) is 0. The van der Waals surface area contributed by atoms with E-state index in [1.165, 1.54) is 0 Å². The van der Waals surface area contributed by atoms with Crippen molar-refractivity contribution in [2.45, 2.75) is 38.8 Å². The van der Waals surface area contributed by atoms with Crippen molar-refractivity contribution in [2.75, 3.05) is 0 Å². The topological polar surface area (TPSA) is 0 Å². The molecule has 0 aliphatic carbocycles. The fourth-order valence-electron chi connectivity index (χ4n) is 0.948. The molecule has 0 N–H and O–H groups in total. The summed E-state index contributed by atoms with van der Waals surface area (Å²) in [5, 5.41) is -6.51. The molecule has 0 unspecified atom stereocenters. The third-order valence-electron chi connectivity index (χ3n) is 2.29. The minimum Gasteiger partial charge on any atom is -0.195 e. The molecule has 0 saturated heterocycles. The summed E-state index contributed by atoms with van der Waals surface area (Å²) < 4.78 is 149. The van der Waals surface area contributed by atoms with Gasteiger partial charge in [-0.05, 0) is 11.6 Å². The lowest BCUT2D eigenvalue weighted by Gasteiger charge is -2.41. The zero-order valence-electron chi connectivity index (χ0n) is 9.55. The molecule has 0 spiro atoms. The number of rotatable bonds is 5. The van der Waals surface area contributed by atoms with Gasteiger partial charge in [-0.3, -0.25) is 0 Å². The number of hydrogen-bond donors (Lipinski definition) is 0. The molecule has 23 heavy (non-hydrogen) atoms. The van der Waals surface area contributed by atoms with E-state index in [9.17, 15) is 52.7 Å². The van der Waals surface area contributed by atoms with Crippen molar-refractivity contribution in [1.29, 1.82) is 0 Å². The van der Waals surface area contributed by atoms with E-state index < -0.39 is 38.8 Å². The van der Waals surface area contributed by atoms with E-state index >= 15 is 0 Å². The zero-order chi connectivity index (χ0) is 19.5. The number of hydrogen-bond acceptors (Lipinski definition) is 0. The molecule has 0 fully saturated rings. The summed E-state index contributed by atoms with van der Waals surface area (Å²) >= 11 is 16.2. The quantitative estimate of drug-likeness (QED) is 0.335. The normalized spacial score (nSPS) is 16.7. The lowest BCUT2D eigenvalue weighted by Crippen LogP contribution is -2.71. The Morgan fingerprint density at radius 2 is 0.565 bits per heavy atom. The molecule has 0 rings (SSSR count). The van der Waals surface area contributed by atoms with E-state index in [4.69, 9.17) is 0 Å². The molecular weight excluding hydrogens is 454 g/mol. The molecule has 140 valence electrons. The monoisotopic (exact) mass is 452 g/mol. The molecule has 0 amide bonds. The molecule has 0 aromatic carbocycles. The molecule has 0 heterocycles. The fourth-order valence-corrected chi connectivity index (χ4v) is 1.42. The highest BCUT2D eigenvalue weighted by atomic mass is 35.6. The van der Waals surface area contributed by atoms with Gasteiger partial charge in [0.1, 0.15) is 0 Å². The molecule has 0 bridgehead atoms. The van der Waals surface area contributed by atoms with Gasteiger partial charge in [-0.25, -0.2) is 0 Å². The van der Waals surface area contributed by atoms with Crippen molar-refractivity contribution < 1.29 is 52.7 Å². The zero-order valence-corrected chi connectivity index (χ0v) is 12.6. The van der Waals surface area contributed by atoms with E-state index in [0.717, 1.165) is 0 Å². The maximum atomic E-state index is 13.0. The van der Waals surface area contributed by atoms with Crippen molar-refractivity contribution >= 4 is 46.4 Å². The summed E-state index contributed by atoms with van der Waals surface area (Å²) in [6.45, 7) is 0. The van der Waals surface area contributed by atoms with Gasteiger partial charge in [-0.1, -0.05) is 34.8 Å². The molecule has 0 aromatic heterocycles. The second kappa shape index (κ2) is 5.66. The van der Waals surface area contributed by atoms with E-state index in [1.807, 2.05) is 0 Å². The highest BCUT2D eigenvalue weighted by Crippen LogP contribution is 2.63. The van der Waals surface area contributed by atoms with Gasteiger partial charge in [0, 0.05) is 0 Å². The minimum atomic E-state index is -7.81. The van der Waals surface area contributed by atoms with Gasteiger partial charge in [-0.15, -0.1) is 0 Å². The summed E-state index contributed by atoms with van der Waals surface area (Å²) in [4.78, 5) is 0. The highest BCUT2D eigenvalue weighted by Gasteiger charge is 2.91. The SMILES string of the molecule is FC(F)(Cl)C(F)(F)C(F)(F)C(F)(F)C(F)(F)C(F)(F)C(Cl)(Cl)Cl. The first kappa shape index (κ1) is 23.3. The van der Waals surface area contributed by atoms with Crippen molar-refractivity contribution in [3.63, 3.8) is 0 Å². The first-order valence-corrected chi connectivity index (χ1v) is 6.04. The maximum absolute atomic E-state index is 13.0. The lowest BCUT2D eigenvalue weighted by molar-refractivity contribution is -0.416. The second-order valence-corrected chi connectivity index (χ2v) is 6.62. The highest BCUT2D eigenvalue weighted by molar-refractivity contribution is 6.68. The molecule has 0 aliphatic heterocycles. The minimum absolute atomic E-state index is 3.46. The van der Waals surface area contributed by atoms with Gasteiger partial charge in [0.15, 0.2) is 0 Å². The Morgan fingerprint density at radius 1 is 0.348 bits per heavy atom. The van der Waals surface area contributed by atoms with Crippen LogP contribution in [0.15, 0.2) is 0 Å². The van der Waals surface area contributed by atoms with Crippen LogP contribution in [-0.4, -0.2) is 38.8 Å². The van der Waals surface area contributed by atoms with Crippen LogP contribution in [0.25, 0.3) is 0 Å². The predicted octanol–water partition coefficient (Wildman–Crippen LogP) is 6.36. The Bertz CT molecular complexity index is 407. The van der Waals surface area contributed by atoms with E-state index in [1.54, 1.807) is 0 Å². The smallest absolute Gasteiger partial charge is 0.195 e. The van der Waals surface area contributed by atoms with E-state index in [0.29, 0.717) is 0 Å². The average Bonchev–Trinajstić information content (AvgIpc) is 2.24. The molecule has 0 aromatic rings. The van der Waals surface area contributed by atoms with Gasteiger partial charge in [0.2, 0.25) is 0 Å². The van der Waals surface area contributed by atoms with Crippen LogP contribution in [-0.2, 0) is 0 Å². The van der Waals surface area contributed by atoms with Crippen LogP contribution in [0.4, 0.5) is 52.7 Å². The van der Waals surface area contributed by atoms with Crippen LogP contribution in [0.2, 0.25) is 0 Å². The summed E-state index contributed by atoms with van der Waals surface area (Å²) in [5.41, 5.74) is 0. The van der Waals surface area contributed by atoms with Gasteiger partial charge < -0.3 is 0 Å². The van der Waals surface area contributed by atoms with Crippen LogP contribution in [0.5, 0.6) is 0 Å². The molecule has 0 radical (unpaired) electrons. The maximum Gasteiger partial charge on any atom is 0.393 e. The summed E-state index contributed by atoms with van der Waals surface area (Å²) in [5.74, 6) is -37.1. The largest absolute Gasteiger partial charge is 0.393 e. The van der Waals surface area contributed by atoms with E-state index in [-0.39, 0.29) is 0 Å². The van der Waals surface area contributed by atoms with Crippen molar-refractivity contribution in [2.24, 2.45) is 0 Å². The van der Waals surface area contributed by atoms with Crippen LogP contribution in [0.1, 0.15) is 0 Å². The Morgan fingerprint density at radius 3 is 0.783 bits per heavy atom. The van der Waals surface area contributed by atoms with Crippen LogP contribution >= 0.6 is 46.4 Å². The second-order valence-electron chi connectivity index (χ2n) is 3.87. The number of halogens is 16.